The number of hydrogen-bond acceptors (Lipinski definition) is 3. The molecule has 162 valence electrons. The fourth-order valence-corrected chi connectivity index (χ4v) is 4.46. The lowest BCUT2D eigenvalue weighted by atomic mass is 10.0. The summed E-state index contributed by atoms with van der Waals surface area (Å²) in [5.74, 6) is 0.517. The average molecular weight is 428 g/mol. The molecule has 5 rings (SSSR count). The summed E-state index contributed by atoms with van der Waals surface area (Å²) in [6.07, 6.45) is -2.93. The quantitative estimate of drug-likeness (QED) is 0.672. The number of anilines is 1. The number of benzene rings is 2. The summed E-state index contributed by atoms with van der Waals surface area (Å²) in [5, 5.41) is 0. The van der Waals surface area contributed by atoms with Gasteiger partial charge in [-0.1, -0.05) is 30.3 Å². The predicted molar refractivity (Wildman–Crippen MR) is 112 cm³/mol. The smallest absolute Gasteiger partial charge is 0.341 e. The number of nitrogens with zero attached hydrogens (tertiary/aromatic N) is 3. The highest BCUT2D eigenvalue weighted by Gasteiger charge is 2.46. The fourth-order valence-electron chi connectivity index (χ4n) is 4.46. The number of imidazole rings is 1. The van der Waals surface area contributed by atoms with Crippen molar-refractivity contribution >= 4 is 22.9 Å². The van der Waals surface area contributed by atoms with E-state index in [2.05, 4.69) is 14.9 Å². The van der Waals surface area contributed by atoms with Gasteiger partial charge in [0, 0.05) is 32.1 Å². The van der Waals surface area contributed by atoms with Gasteiger partial charge in [0.25, 0.3) is 0 Å². The molecule has 1 saturated heterocycles. The van der Waals surface area contributed by atoms with Crippen LogP contribution in [0.4, 0.5) is 19.1 Å². The Morgan fingerprint density at radius 1 is 1.03 bits per heavy atom. The number of rotatable bonds is 3. The van der Waals surface area contributed by atoms with E-state index in [0.29, 0.717) is 31.6 Å². The molecule has 1 aliphatic heterocycles. The van der Waals surface area contributed by atoms with Crippen LogP contribution >= 0.6 is 0 Å². The van der Waals surface area contributed by atoms with E-state index >= 15 is 0 Å². The number of H-pyrrole nitrogens is 1. The minimum Gasteiger partial charge on any atom is -0.341 e. The normalized spacial score (nSPS) is 21.9. The number of amides is 1. The summed E-state index contributed by atoms with van der Waals surface area (Å²) in [5.41, 5.74) is 1.85. The van der Waals surface area contributed by atoms with Crippen molar-refractivity contribution in [1.82, 2.24) is 14.9 Å². The molecule has 0 radical (unpaired) electrons. The van der Waals surface area contributed by atoms with E-state index in [0.717, 1.165) is 36.0 Å². The molecule has 8 heteroatoms. The number of aromatic amines is 1. The summed E-state index contributed by atoms with van der Waals surface area (Å²) in [6, 6.07) is 13.2. The predicted octanol–water partition coefficient (Wildman–Crippen LogP) is 4.42. The Morgan fingerprint density at radius 3 is 2.68 bits per heavy atom. The van der Waals surface area contributed by atoms with Gasteiger partial charge >= 0.3 is 6.18 Å². The van der Waals surface area contributed by atoms with Crippen LogP contribution in [0.5, 0.6) is 0 Å². The zero-order chi connectivity index (χ0) is 21.6. The second kappa shape index (κ2) is 7.59. The molecule has 0 bridgehead atoms. The first-order valence-corrected chi connectivity index (χ1v) is 10.6. The van der Waals surface area contributed by atoms with Crippen molar-refractivity contribution in [2.45, 2.75) is 24.9 Å². The Bertz CT molecular complexity index is 1080. The number of carbonyl (C=O) groups excluding carboxylic acids is 1. The summed E-state index contributed by atoms with van der Waals surface area (Å²) in [7, 11) is 0. The molecule has 2 aliphatic rings. The number of fused-ring (bicyclic) bond motifs is 1. The van der Waals surface area contributed by atoms with Crippen LogP contribution in [0.1, 0.15) is 29.9 Å². The third-order valence-corrected chi connectivity index (χ3v) is 6.23. The lowest BCUT2D eigenvalue weighted by Gasteiger charge is -2.22. The van der Waals surface area contributed by atoms with Crippen molar-refractivity contribution in [2.75, 3.05) is 31.1 Å². The Labute approximate surface area is 177 Å². The molecule has 2 unspecified atom stereocenters. The third-order valence-electron chi connectivity index (χ3n) is 6.23. The van der Waals surface area contributed by atoms with Gasteiger partial charge in [0.1, 0.15) is 0 Å². The van der Waals surface area contributed by atoms with E-state index < -0.39 is 11.7 Å². The summed E-state index contributed by atoms with van der Waals surface area (Å²) in [6.45, 7) is 2.71. The molecule has 1 saturated carbocycles. The molecule has 2 aromatic carbocycles. The molecule has 31 heavy (non-hydrogen) atoms. The minimum atomic E-state index is -4.37. The zero-order valence-corrected chi connectivity index (χ0v) is 16.9. The molecule has 1 aliphatic carbocycles. The molecule has 3 aromatic rings. The first-order valence-electron chi connectivity index (χ1n) is 10.6. The standard InChI is InChI=1S/C23H23F3N4O/c24-23(25,26)16-6-3-5-15(13-16)17-14-18(17)21(31)29-9-4-10-30(12-11-29)22-27-19-7-1-2-8-20(19)28-22/h1-3,5-8,13,17-18H,4,9-12,14H2,(H,27,28). The molecule has 2 heterocycles. The lowest BCUT2D eigenvalue weighted by Crippen LogP contribution is -2.36. The number of carbonyl (C=O) groups is 1. The van der Waals surface area contributed by atoms with Crippen molar-refractivity contribution in [3.63, 3.8) is 0 Å². The van der Waals surface area contributed by atoms with Crippen molar-refractivity contribution < 1.29 is 18.0 Å². The molecule has 0 spiro atoms. The molecular formula is C23H23F3N4O. The Kier molecular flexibility index (Phi) is 4.87. The van der Waals surface area contributed by atoms with Crippen LogP contribution in [-0.4, -0.2) is 47.0 Å². The highest BCUT2D eigenvalue weighted by atomic mass is 19.4. The topological polar surface area (TPSA) is 52.2 Å². The molecular weight excluding hydrogens is 405 g/mol. The number of aromatic nitrogens is 2. The second-order valence-electron chi connectivity index (χ2n) is 8.32. The van der Waals surface area contributed by atoms with Crippen molar-refractivity contribution in [3.05, 3.63) is 59.7 Å². The first kappa shape index (κ1) is 19.9. The van der Waals surface area contributed by atoms with Crippen LogP contribution in [0.15, 0.2) is 48.5 Å². The largest absolute Gasteiger partial charge is 0.416 e. The van der Waals surface area contributed by atoms with Crippen molar-refractivity contribution in [2.24, 2.45) is 5.92 Å². The number of alkyl halides is 3. The van der Waals surface area contributed by atoms with Gasteiger partial charge in [-0.05, 0) is 42.5 Å². The van der Waals surface area contributed by atoms with Crippen LogP contribution in [0.2, 0.25) is 0 Å². The summed E-state index contributed by atoms with van der Waals surface area (Å²) in [4.78, 5) is 25.0. The van der Waals surface area contributed by atoms with Gasteiger partial charge in [-0.15, -0.1) is 0 Å². The number of halogens is 3. The highest BCUT2D eigenvalue weighted by Crippen LogP contribution is 2.49. The van der Waals surface area contributed by atoms with Gasteiger partial charge in [-0.3, -0.25) is 4.79 Å². The Morgan fingerprint density at radius 2 is 1.87 bits per heavy atom. The summed E-state index contributed by atoms with van der Waals surface area (Å²) >= 11 is 0. The van der Waals surface area contributed by atoms with Crippen molar-refractivity contribution in [3.8, 4) is 0 Å². The molecule has 2 fully saturated rings. The van der Waals surface area contributed by atoms with E-state index in [9.17, 15) is 18.0 Å². The Balaban J connectivity index is 1.23. The van der Waals surface area contributed by atoms with E-state index in [1.165, 1.54) is 12.1 Å². The van der Waals surface area contributed by atoms with Crippen LogP contribution in [-0.2, 0) is 11.0 Å². The van der Waals surface area contributed by atoms with Crippen LogP contribution in [0.3, 0.4) is 0 Å². The van der Waals surface area contributed by atoms with Crippen molar-refractivity contribution in [1.29, 1.82) is 0 Å². The number of nitrogens with one attached hydrogen (secondary N) is 1. The molecule has 1 aromatic heterocycles. The third kappa shape index (κ3) is 3.98. The van der Waals surface area contributed by atoms with Crippen LogP contribution in [0.25, 0.3) is 11.0 Å². The van der Waals surface area contributed by atoms with Crippen LogP contribution < -0.4 is 4.90 Å². The van der Waals surface area contributed by atoms with Gasteiger partial charge in [-0.2, -0.15) is 13.2 Å². The minimum absolute atomic E-state index is 0.0499. The van der Waals surface area contributed by atoms with Gasteiger partial charge < -0.3 is 14.8 Å². The van der Waals surface area contributed by atoms with E-state index in [1.807, 2.05) is 29.2 Å². The zero-order valence-electron chi connectivity index (χ0n) is 16.9. The van der Waals surface area contributed by atoms with Gasteiger partial charge in [-0.25, -0.2) is 4.98 Å². The number of hydrogen-bond donors (Lipinski definition) is 1. The number of para-hydroxylation sites is 2. The SMILES string of the molecule is O=C(C1CC1c1cccc(C(F)(F)F)c1)N1CCCN(c2nc3ccccc3[nH]2)CC1. The molecule has 5 nitrogen and oxygen atoms in total. The van der Waals surface area contributed by atoms with Crippen LogP contribution in [0, 0.1) is 5.92 Å². The van der Waals surface area contributed by atoms with Gasteiger partial charge in [0.05, 0.1) is 16.6 Å². The fraction of sp³-hybridized carbons (Fsp3) is 0.391. The van der Waals surface area contributed by atoms with E-state index in [4.69, 9.17) is 0 Å². The Hall–Kier alpha value is -3.03. The second-order valence-corrected chi connectivity index (χ2v) is 8.32. The maximum absolute atomic E-state index is 13.0. The molecule has 1 N–H and O–H groups in total. The maximum atomic E-state index is 13.0. The maximum Gasteiger partial charge on any atom is 0.416 e. The summed E-state index contributed by atoms with van der Waals surface area (Å²) < 4.78 is 39.0. The lowest BCUT2D eigenvalue weighted by molar-refractivity contribution is -0.137. The molecule has 2 atom stereocenters. The molecule has 1 amide bonds. The average Bonchev–Trinajstić information content (AvgIpc) is 3.50. The van der Waals surface area contributed by atoms with Gasteiger partial charge in [0.2, 0.25) is 11.9 Å². The van der Waals surface area contributed by atoms with E-state index in [-0.39, 0.29) is 17.7 Å². The monoisotopic (exact) mass is 428 g/mol. The van der Waals surface area contributed by atoms with Gasteiger partial charge in [0.15, 0.2) is 0 Å². The highest BCUT2D eigenvalue weighted by molar-refractivity contribution is 5.83. The first-order chi connectivity index (χ1) is 14.9. The van der Waals surface area contributed by atoms with E-state index in [1.54, 1.807) is 6.07 Å².